The van der Waals surface area contributed by atoms with Crippen molar-refractivity contribution in [1.82, 2.24) is 5.32 Å². The summed E-state index contributed by atoms with van der Waals surface area (Å²) in [7, 11) is 0. The number of ether oxygens (including phenoxy) is 1. The van der Waals surface area contributed by atoms with E-state index in [9.17, 15) is 4.39 Å². The molecule has 0 amide bonds. The third-order valence-electron chi connectivity index (χ3n) is 3.87. The molecule has 112 valence electrons. The molecule has 5 heteroatoms. The second kappa shape index (κ2) is 7.81. The van der Waals surface area contributed by atoms with E-state index in [2.05, 4.69) is 5.32 Å². The Kier molecular flexibility index (Phi) is 6.07. The Morgan fingerprint density at radius 2 is 2.05 bits per heavy atom. The molecule has 0 aromatic heterocycles. The van der Waals surface area contributed by atoms with E-state index in [0.717, 1.165) is 13.1 Å². The van der Waals surface area contributed by atoms with Crippen LogP contribution in [0.3, 0.4) is 0 Å². The second-order valence-electron chi connectivity index (χ2n) is 5.33. The molecule has 2 rings (SSSR count). The van der Waals surface area contributed by atoms with E-state index in [1.165, 1.54) is 37.8 Å². The van der Waals surface area contributed by atoms with Crippen molar-refractivity contribution in [3.8, 4) is 5.75 Å². The van der Waals surface area contributed by atoms with Crippen molar-refractivity contribution in [1.29, 1.82) is 0 Å². The van der Waals surface area contributed by atoms with Gasteiger partial charge in [-0.05, 0) is 50.3 Å². The van der Waals surface area contributed by atoms with Crippen molar-refractivity contribution < 1.29 is 9.13 Å². The lowest BCUT2D eigenvalue weighted by Gasteiger charge is -2.28. The highest BCUT2D eigenvalue weighted by atomic mass is 35.5. The fourth-order valence-corrected chi connectivity index (χ4v) is 2.72. The van der Waals surface area contributed by atoms with E-state index >= 15 is 0 Å². The van der Waals surface area contributed by atoms with Gasteiger partial charge in [-0.3, -0.25) is 0 Å². The summed E-state index contributed by atoms with van der Waals surface area (Å²) in [4.78, 5) is 0. The van der Waals surface area contributed by atoms with Crippen molar-refractivity contribution in [2.24, 2.45) is 11.7 Å². The number of nitrogens with two attached hydrogens (primary N) is 1. The third kappa shape index (κ3) is 4.62. The minimum atomic E-state index is -0.447. The molecule has 1 saturated carbocycles. The van der Waals surface area contributed by atoms with Crippen LogP contribution in [-0.2, 0) is 0 Å². The molecule has 0 heterocycles. The largest absolute Gasteiger partial charge is 0.492 e. The van der Waals surface area contributed by atoms with E-state index in [1.807, 2.05) is 0 Å². The lowest BCUT2D eigenvalue weighted by Crippen LogP contribution is -2.36. The highest BCUT2D eigenvalue weighted by Crippen LogP contribution is 2.23. The molecule has 1 aromatic carbocycles. The number of benzene rings is 1. The van der Waals surface area contributed by atoms with E-state index in [-0.39, 0.29) is 5.02 Å². The van der Waals surface area contributed by atoms with Crippen LogP contribution in [0.15, 0.2) is 18.2 Å². The predicted molar refractivity (Wildman–Crippen MR) is 79.7 cm³/mol. The summed E-state index contributed by atoms with van der Waals surface area (Å²) in [5.41, 5.74) is 5.68. The Morgan fingerprint density at radius 3 is 2.70 bits per heavy atom. The maximum absolute atomic E-state index is 13.2. The van der Waals surface area contributed by atoms with Crippen molar-refractivity contribution in [3.63, 3.8) is 0 Å². The van der Waals surface area contributed by atoms with Crippen molar-refractivity contribution in [2.45, 2.75) is 31.7 Å². The monoisotopic (exact) mass is 300 g/mol. The topological polar surface area (TPSA) is 47.3 Å². The molecule has 0 bridgehead atoms. The van der Waals surface area contributed by atoms with Gasteiger partial charge in [-0.15, -0.1) is 0 Å². The van der Waals surface area contributed by atoms with Crippen LogP contribution < -0.4 is 15.8 Å². The lowest BCUT2D eigenvalue weighted by atomic mass is 9.86. The van der Waals surface area contributed by atoms with Gasteiger partial charge >= 0.3 is 0 Å². The molecule has 3 N–H and O–H groups in total. The first-order chi connectivity index (χ1) is 9.69. The molecule has 1 aliphatic rings. The van der Waals surface area contributed by atoms with Gasteiger partial charge in [0, 0.05) is 18.7 Å². The lowest BCUT2D eigenvalue weighted by molar-refractivity contribution is 0.265. The van der Waals surface area contributed by atoms with Crippen LogP contribution >= 0.6 is 11.6 Å². The molecule has 1 aromatic rings. The highest BCUT2D eigenvalue weighted by Gasteiger charge is 2.19. The van der Waals surface area contributed by atoms with Gasteiger partial charge in [0.15, 0.2) is 0 Å². The first-order valence-electron chi connectivity index (χ1n) is 7.20. The molecule has 0 unspecified atom stereocenters. The van der Waals surface area contributed by atoms with Crippen LogP contribution in [0.25, 0.3) is 0 Å². The zero-order chi connectivity index (χ0) is 14.4. The molecule has 0 saturated heterocycles. The standard InChI is InChI=1S/C15H22ClFN2O/c16-14-6-5-13(9-15(14)17)20-8-7-19-12-3-1-11(10-18)2-4-12/h5-6,9,11-12,19H,1-4,7-8,10,18H2/t11-,12-. The average molecular weight is 301 g/mol. The number of nitrogens with one attached hydrogen (secondary N) is 1. The Morgan fingerprint density at radius 1 is 1.30 bits per heavy atom. The number of rotatable bonds is 6. The van der Waals surface area contributed by atoms with Gasteiger partial charge in [0.1, 0.15) is 18.2 Å². The second-order valence-corrected chi connectivity index (χ2v) is 5.74. The normalized spacial score (nSPS) is 22.8. The van der Waals surface area contributed by atoms with Crippen LogP contribution in [0.1, 0.15) is 25.7 Å². The third-order valence-corrected chi connectivity index (χ3v) is 4.18. The quantitative estimate of drug-likeness (QED) is 0.794. The Hall–Kier alpha value is -0.840. The van der Waals surface area contributed by atoms with Crippen molar-refractivity contribution in [2.75, 3.05) is 19.7 Å². The first kappa shape index (κ1) is 15.5. The summed E-state index contributed by atoms with van der Waals surface area (Å²) >= 11 is 5.62. The molecular weight excluding hydrogens is 279 g/mol. The Labute approximate surface area is 124 Å². The van der Waals surface area contributed by atoms with E-state index in [4.69, 9.17) is 22.1 Å². The minimum Gasteiger partial charge on any atom is -0.492 e. The van der Waals surface area contributed by atoms with Gasteiger partial charge in [0.05, 0.1) is 5.02 Å². The Bertz CT molecular complexity index is 422. The molecule has 0 radical (unpaired) electrons. The molecule has 1 fully saturated rings. The van der Waals surface area contributed by atoms with Gasteiger partial charge in [-0.1, -0.05) is 11.6 Å². The molecule has 3 nitrogen and oxygen atoms in total. The van der Waals surface area contributed by atoms with Crippen LogP contribution in [-0.4, -0.2) is 25.7 Å². The molecular formula is C15H22ClFN2O. The first-order valence-corrected chi connectivity index (χ1v) is 7.58. The fourth-order valence-electron chi connectivity index (χ4n) is 2.60. The molecule has 1 aliphatic carbocycles. The zero-order valence-corrected chi connectivity index (χ0v) is 12.3. The van der Waals surface area contributed by atoms with Crippen LogP contribution in [0, 0.1) is 11.7 Å². The van der Waals surface area contributed by atoms with Gasteiger partial charge in [-0.25, -0.2) is 4.39 Å². The van der Waals surface area contributed by atoms with Crippen LogP contribution in [0.5, 0.6) is 5.75 Å². The molecule has 20 heavy (non-hydrogen) atoms. The van der Waals surface area contributed by atoms with Gasteiger partial charge in [0.2, 0.25) is 0 Å². The summed E-state index contributed by atoms with van der Waals surface area (Å²) in [5, 5.41) is 3.59. The Balaban J connectivity index is 1.63. The minimum absolute atomic E-state index is 0.118. The molecule has 0 spiro atoms. The van der Waals surface area contributed by atoms with Crippen LogP contribution in [0.4, 0.5) is 4.39 Å². The summed E-state index contributed by atoms with van der Waals surface area (Å²) in [6.07, 6.45) is 4.77. The number of hydrogen-bond donors (Lipinski definition) is 2. The van der Waals surface area contributed by atoms with Crippen LogP contribution in [0.2, 0.25) is 5.02 Å². The number of hydrogen-bond acceptors (Lipinski definition) is 3. The van der Waals surface area contributed by atoms with E-state index in [1.54, 1.807) is 6.07 Å². The predicted octanol–water partition coefficient (Wildman–Crippen LogP) is 2.97. The fraction of sp³-hybridized carbons (Fsp3) is 0.600. The number of halogens is 2. The summed E-state index contributed by atoms with van der Waals surface area (Å²) < 4.78 is 18.7. The summed E-state index contributed by atoms with van der Waals surface area (Å²) in [6, 6.07) is 5.06. The highest BCUT2D eigenvalue weighted by molar-refractivity contribution is 6.30. The summed E-state index contributed by atoms with van der Waals surface area (Å²) in [6.45, 7) is 2.10. The average Bonchev–Trinajstić information content (AvgIpc) is 2.48. The van der Waals surface area contributed by atoms with Crippen molar-refractivity contribution in [3.05, 3.63) is 29.0 Å². The smallest absolute Gasteiger partial charge is 0.145 e. The van der Waals surface area contributed by atoms with Gasteiger partial charge < -0.3 is 15.8 Å². The zero-order valence-electron chi connectivity index (χ0n) is 11.6. The van der Waals surface area contributed by atoms with E-state index < -0.39 is 5.82 Å². The van der Waals surface area contributed by atoms with Gasteiger partial charge in [0.25, 0.3) is 0 Å². The van der Waals surface area contributed by atoms with Crippen molar-refractivity contribution >= 4 is 11.6 Å². The molecule has 0 aliphatic heterocycles. The van der Waals surface area contributed by atoms with Gasteiger partial charge in [-0.2, -0.15) is 0 Å². The molecule has 0 atom stereocenters. The SMILES string of the molecule is NC[C@H]1CC[C@H](NCCOc2ccc(Cl)c(F)c2)CC1. The maximum atomic E-state index is 13.2. The summed E-state index contributed by atoms with van der Waals surface area (Å²) in [5.74, 6) is 0.763. The van der Waals surface area contributed by atoms with E-state index in [0.29, 0.717) is 24.3 Å². The maximum Gasteiger partial charge on any atom is 0.145 e.